The Morgan fingerprint density at radius 3 is 2.34 bits per heavy atom. The van der Waals surface area contributed by atoms with Crippen LogP contribution in [0.15, 0.2) is 77.9 Å². The number of amides is 3. The molecule has 0 aromatic heterocycles. The summed E-state index contributed by atoms with van der Waals surface area (Å²) >= 11 is 5.98. The summed E-state index contributed by atoms with van der Waals surface area (Å²) in [4.78, 5) is 42.4. The van der Waals surface area contributed by atoms with Crippen LogP contribution in [0.2, 0.25) is 5.02 Å². The topological polar surface area (TPSA) is 82.1 Å². The Morgan fingerprint density at radius 1 is 0.914 bits per heavy atom. The summed E-state index contributed by atoms with van der Waals surface area (Å²) in [7, 11) is 0. The van der Waals surface area contributed by atoms with Gasteiger partial charge in [0.25, 0.3) is 0 Å². The van der Waals surface area contributed by atoms with Gasteiger partial charge in [-0.25, -0.2) is 4.90 Å². The van der Waals surface area contributed by atoms with Crippen molar-refractivity contribution in [1.29, 1.82) is 0 Å². The molecule has 8 heteroatoms. The molecule has 3 aliphatic rings. The second-order valence-corrected chi connectivity index (χ2v) is 9.47. The molecule has 1 unspecified atom stereocenters. The van der Waals surface area contributed by atoms with Crippen molar-refractivity contribution in [3.63, 3.8) is 0 Å². The van der Waals surface area contributed by atoms with E-state index in [4.69, 9.17) is 11.6 Å². The maximum absolute atomic E-state index is 13.8. The van der Waals surface area contributed by atoms with Gasteiger partial charge in [0, 0.05) is 10.7 Å². The van der Waals surface area contributed by atoms with Gasteiger partial charge >= 0.3 is 0 Å². The predicted octanol–water partition coefficient (Wildman–Crippen LogP) is 4.17. The van der Waals surface area contributed by atoms with Gasteiger partial charge in [0.05, 0.1) is 29.8 Å². The molecule has 4 atom stereocenters. The minimum Gasteiger partial charge on any atom is -0.324 e. The molecule has 3 amide bonds. The minimum absolute atomic E-state index is 0.312. The lowest BCUT2D eigenvalue weighted by molar-refractivity contribution is -0.129. The highest BCUT2D eigenvalue weighted by Gasteiger charge is 2.65. The number of carbonyl (C=O) groups is 3. The first-order chi connectivity index (χ1) is 16.9. The van der Waals surface area contributed by atoms with E-state index in [9.17, 15) is 14.4 Å². The molecular weight excluding hydrogens is 464 g/mol. The molecule has 0 aliphatic carbocycles. The van der Waals surface area contributed by atoms with Crippen LogP contribution in [-0.4, -0.2) is 35.0 Å². The third-order valence-corrected chi connectivity index (χ3v) is 7.22. The van der Waals surface area contributed by atoms with E-state index < -0.39 is 29.8 Å². The number of fused-ring (bicyclic) bond motifs is 5. The molecule has 0 radical (unpaired) electrons. The van der Waals surface area contributed by atoms with Crippen LogP contribution in [0, 0.1) is 18.8 Å². The van der Waals surface area contributed by atoms with Gasteiger partial charge < -0.3 is 5.32 Å². The highest BCUT2D eigenvalue weighted by Crippen LogP contribution is 2.52. The third kappa shape index (κ3) is 3.34. The number of imide groups is 1. The maximum Gasteiger partial charge on any atom is 0.249 e. The van der Waals surface area contributed by atoms with Crippen LogP contribution in [0.3, 0.4) is 0 Å². The molecule has 7 nitrogen and oxygen atoms in total. The van der Waals surface area contributed by atoms with Gasteiger partial charge in [-0.3, -0.25) is 19.4 Å². The second-order valence-electron chi connectivity index (χ2n) is 9.04. The zero-order valence-corrected chi connectivity index (χ0v) is 19.5. The highest BCUT2D eigenvalue weighted by molar-refractivity contribution is 6.30. The fourth-order valence-corrected chi connectivity index (χ4v) is 5.49. The van der Waals surface area contributed by atoms with Gasteiger partial charge in [-0.05, 0) is 54.4 Å². The SMILES string of the molecule is Cc1ccc(N2C(=O)[C@@H]3[C@H](C2=O)C2c4ccccc4C=NN2[C@@H]3C(=O)Nc2ccc(Cl)cc2)cc1. The Balaban J connectivity index is 1.43. The summed E-state index contributed by atoms with van der Waals surface area (Å²) in [5.41, 5.74) is 3.84. The van der Waals surface area contributed by atoms with Gasteiger partial charge in [-0.15, -0.1) is 0 Å². The number of benzene rings is 3. The van der Waals surface area contributed by atoms with Crippen molar-refractivity contribution >= 4 is 46.9 Å². The number of hydrogen-bond acceptors (Lipinski definition) is 5. The molecule has 0 saturated carbocycles. The second kappa shape index (κ2) is 8.06. The standard InChI is InChI=1S/C27H21ClN4O3/c1-15-6-12-19(13-7-15)31-26(34)21-22(27(31)35)24(25(33)30-18-10-8-17(28)9-11-18)32-23(21)20-5-3-2-4-16(20)14-29-32/h2-14,21-24H,1H3,(H,30,33)/t21-,22+,23?,24-/m0/s1. The highest BCUT2D eigenvalue weighted by atomic mass is 35.5. The third-order valence-electron chi connectivity index (χ3n) is 6.97. The van der Waals surface area contributed by atoms with Crippen molar-refractivity contribution in [3.05, 3.63) is 94.5 Å². The summed E-state index contributed by atoms with van der Waals surface area (Å²) in [5, 5.41) is 9.62. The lowest BCUT2D eigenvalue weighted by atomic mass is 9.85. The van der Waals surface area contributed by atoms with Gasteiger partial charge in [0.2, 0.25) is 17.7 Å². The molecule has 0 bridgehead atoms. The van der Waals surface area contributed by atoms with E-state index in [0.29, 0.717) is 16.4 Å². The average molecular weight is 485 g/mol. The molecule has 35 heavy (non-hydrogen) atoms. The summed E-state index contributed by atoms with van der Waals surface area (Å²) < 4.78 is 0. The van der Waals surface area contributed by atoms with E-state index in [-0.39, 0.29) is 11.8 Å². The molecule has 3 aliphatic heterocycles. The lowest BCUT2D eigenvalue weighted by Crippen LogP contribution is -2.46. The van der Waals surface area contributed by atoms with Gasteiger partial charge in [0.1, 0.15) is 6.04 Å². The summed E-state index contributed by atoms with van der Waals surface area (Å²) in [5.74, 6) is -2.70. The molecule has 0 spiro atoms. The Bertz CT molecular complexity index is 1390. The van der Waals surface area contributed by atoms with Crippen LogP contribution in [0.25, 0.3) is 0 Å². The normalized spacial score (nSPS) is 24.3. The quantitative estimate of drug-likeness (QED) is 0.566. The largest absolute Gasteiger partial charge is 0.324 e. The fourth-order valence-electron chi connectivity index (χ4n) is 5.37. The van der Waals surface area contributed by atoms with Crippen molar-refractivity contribution in [1.82, 2.24) is 5.01 Å². The fraction of sp³-hybridized carbons (Fsp3) is 0.185. The minimum atomic E-state index is -0.947. The zero-order valence-electron chi connectivity index (χ0n) is 18.8. The van der Waals surface area contributed by atoms with Crippen LogP contribution in [-0.2, 0) is 14.4 Å². The summed E-state index contributed by atoms with van der Waals surface area (Å²) in [6, 6.07) is 20.2. The van der Waals surface area contributed by atoms with Crippen LogP contribution in [0.5, 0.6) is 0 Å². The van der Waals surface area contributed by atoms with Crippen molar-refractivity contribution in [2.75, 3.05) is 10.2 Å². The number of carbonyl (C=O) groups excluding carboxylic acids is 3. The number of nitrogens with zero attached hydrogens (tertiary/aromatic N) is 3. The van der Waals surface area contributed by atoms with Crippen LogP contribution >= 0.6 is 11.6 Å². The van der Waals surface area contributed by atoms with E-state index in [1.54, 1.807) is 47.6 Å². The van der Waals surface area contributed by atoms with Gasteiger partial charge in [0.15, 0.2) is 0 Å². The number of halogens is 1. The van der Waals surface area contributed by atoms with Crippen molar-refractivity contribution < 1.29 is 14.4 Å². The van der Waals surface area contributed by atoms with Crippen LogP contribution in [0.1, 0.15) is 22.7 Å². The number of anilines is 2. The first kappa shape index (κ1) is 21.6. The molecule has 6 rings (SSSR count). The zero-order chi connectivity index (χ0) is 24.3. The molecule has 1 N–H and O–H groups in total. The van der Waals surface area contributed by atoms with E-state index >= 15 is 0 Å². The Labute approximate surface area is 207 Å². The molecule has 3 aromatic rings. The lowest BCUT2D eigenvalue weighted by Gasteiger charge is -2.33. The monoisotopic (exact) mass is 484 g/mol. The molecule has 3 heterocycles. The van der Waals surface area contributed by atoms with Gasteiger partial charge in [-0.1, -0.05) is 53.6 Å². The molecule has 2 saturated heterocycles. The first-order valence-electron chi connectivity index (χ1n) is 11.4. The van der Waals surface area contributed by atoms with E-state index in [1.165, 1.54) is 4.90 Å². The van der Waals surface area contributed by atoms with Crippen LogP contribution in [0.4, 0.5) is 11.4 Å². The smallest absolute Gasteiger partial charge is 0.249 e. The van der Waals surface area contributed by atoms with Crippen molar-refractivity contribution in [2.45, 2.75) is 19.0 Å². The molecule has 3 aromatic carbocycles. The van der Waals surface area contributed by atoms with Gasteiger partial charge in [-0.2, -0.15) is 5.10 Å². The Kier molecular flexibility index (Phi) is 4.96. The number of rotatable bonds is 3. The Morgan fingerprint density at radius 2 is 1.60 bits per heavy atom. The average Bonchev–Trinajstić information content (AvgIpc) is 3.34. The number of hydrogen-bond donors (Lipinski definition) is 1. The van der Waals surface area contributed by atoms with E-state index in [2.05, 4.69) is 10.4 Å². The number of hydrazone groups is 1. The first-order valence-corrected chi connectivity index (χ1v) is 11.7. The molecular formula is C27H21ClN4O3. The summed E-state index contributed by atoms with van der Waals surface area (Å²) in [6.45, 7) is 1.94. The van der Waals surface area contributed by atoms with Crippen molar-refractivity contribution in [2.24, 2.45) is 16.9 Å². The molecule has 2 fully saturated rings. The maximum atomic E-state index is 13.8. The molecule has 174 valence electrons. The number of nitrogens with one attached hydrogen (secondary N) is 1. The Hall–Kier alpha value is -3.97. The number of aryl methyl sites for hydroxylation is 1. The van der Waals surface area contributed by atoms with E-state index in [0.717, 1.165) is 16.7 Å². The van der Waals surface area contributed by atoms with Crippen molar-refractivity contribution in [3.8, 4) is 0 Å². The van der Waals surface area contributed by atoms with E-state index in [1.807, 2.05) is 43.3 Å². The predicted molar refractivity (Wildman–Crippen MR) is 133 cm³/mol. The summed E-state index contributed by atoms with van der Waals surface area (Å²) in [6.07, 6.45) is 1.68. The van der Waals surface area contributed by atoms with Crippen LogP contribution < -0.4 is 10.2 Å².